The minimum absolute atomic E-state index is 0.00966. The van der Waals surface area contributed by atoms with E-state index in [1.165, 1.54) is 11.3 Å². The molecule has 0 unspecified atom stereocenters. The number of aryl methyl sites for hydroxylation is 2. The van der Waals surface area contributed by atoms with Crippen molar-refractivity contribution in [3.63, 3.8) is 0 Å². The summed E-state index contributed by atoms with van der Waals surface area (Å²) in [4.78, 5) is 11.5. The highest BCUT2D eigenvalue weighted by Crippen LogP contribution is 2.41. The molecule has 0 aliphatic carbocycles. The number of hydrogen-bond acceptors (Lipinski definition) is 3. The van der Waals surface area contributed by atoms with Crippen LogP contribution in [0, 0.1) is 13.8 Å². The van der Waals surface area contributed by atoms with E-state index in [0.29, 0.717) is 11.4 Å². The van der Waals surface area contributed by atoms with E-state index in [9.17, 15) is 4.79 Å². The minimum Gasteiger partial charge on any atom is -0.494 e. The van der Waals surface area contributed by atoms with Crippen LogP contribution >= 0.6 is 0 Å². The molecule has 1 heterocycles. The van der Waals surface area contributed by atoms with Crippen LogP contribution in [0.1, 0.15) is 30.7 Å². The van der Waals surface area contributed by atoms with Gasteiger partial charge in [0.05, 0.1) is 18.3 Å². The molecule has 0 spiro atoms. The zero-order valence-corrected chi connectivity index (χ0v) is 13.5. The maximum Gasteiger partial charge on any atom is 0.152 e. The van der Waals surface area contributed by atoms with Crippen LogP contribution in [0.3, 0.4) is 0 Å². The maximum absolute atomic E-state index is 11.5. The summed E-state index contributed by atoms with van der Waals surface area (Å²) < 4.78 is 7.62. The number of nitrogen functional groups attached to an aromatic ring is 1. The van der Waals surface area contributed by atoms with Gasteiger partial charge in [-0.3, -0.25) is 4.79 Å². The lowest BCUT2D eigenvalue weighted by Crippen LogP contribution is -1.99. The molecule has 0 saturated heterocycles. The van der Waals surface area contributed by atoms with Crippen LogP contribution in [0.4, 0.5) is 5.69 Å². The number of methoxy groups -OCH3 is 1. The van der Waals surface area contributed by atoms with E-state index < -0.39 is 0 Å². The molecule has 112 valence electrons. The summed E-state index contributed by atoms with van der Waals surface area (Å²) >= 11 is 0. The zero-order chi connectivity index (χ0) is 15.9. The molecular formula is C17H22N2O2. The highest BCUT2D eigenvalue weighted by Gasteiger charge is 2.20. The Morgan fingerprint density at radius 1 is 1.33 bits per heavy atom. The topological polar surface area (TPSA) is 57.2 Å². The monoisotopic (exact) mass is 286 g/mol. The first-order chi connectivity index (χ1) is 9.79. The van der Waals surface area contributed by atoms with E-state index in [-0.39, 0.29) is 5.78 Å². The molecule has 0 fully saturated rings. The molecule has 2 N–H and O–H groups in total. The number of anilines is 1. The van der Waals surface area contributed by atoms with Crippen molar-refractivity contribution in [2.24, 2.45) is 7.05 Å². The number of nitrogens with zero attached hydrogens (tertiary/aromatic N) is 1. The van der Waals surface area contributed by atoms with Crippen molar-refractivity contribution in [2.75, 3.05) is 12.8 Å². The second-order valence-corrected chi connectivity index (χ2v) is 5.48. The van der Waals surface area contributed by atoms with Crippen molar-refractivity contribution in [2.45, 2.75) is 27.7 Å². The molecule has 0 atom stereocenters. The van der Waals surface area contributed by atoms with Crippen LogP contribution < -0.4 is 10.5 Å². The Bertz CT molecular complexity index is 767. The van der Waals surface area contributed by atoms with Gasteiger partial charge < -0.3 is 15.0 Å². The van der Waals surface area contributed by atoms with Gasteiger partial charge in [-0.15, -0.1) is 0 Å². The Morgan fingerprint density at radius 2 is 1.95 bits per heavy atom. The SMILES string of the molecule is COc1c(N)cc2c(c(C)c(C)n2C)c1/C(C)=C\C(C)=O. The summed E-state index contributed by atoms with van der Waals surface area (Å²) in [5.74, 6) is 0.640. The van der Waals surface area contributed by atoms with Gasteiger partial charge in [0.15, 0.2) is 5.78 Å². The molecule has 2 rings (SSSR count). The molecule has 4 nitrogen and oxygen atoms in total. The molecule has 0 saturated carbocycles. The molecular weight excluding hydrogens is 264 g/mol. The first-order valence-corrected chi connectivity index (χ1v) is 6.90. The van der Waals surface area contributed by atoms with Gasteiger partial charge in [-0.05, 0) is 51.0 Å². The number of benzene rings is 1. The number of fused-ring (bicyclic) bond motifs is 1. The third-order valence-electron chi connectivity index (χ3n) is 4.09. The van der Waals surface area contributed by atoms with Gasteiger partial charge in [-0.2, -0.15) is 0 Å². The van der Waals surface area contributed by atoms with Gasteiger partial charge in [-0.1, -0.05) is 0 Å². The zero-order valence-electron chi connectivity index (χ0n) is 13.5. The minimum atomic E-state index is 0.00966. The van der Waals surface area contributed by atoms with Crippen LogP contribution in [-0.2, 0) is 11.8 Å². The summed E-state index contributed by atoms with van der Waals surface area (Å²) in [6.45, 7) is 7.62. The highest BCUT2D eigenvalue weighted by molar-refractivity contribution is 6.05. The van der Waals surface area contributed by atoms with Crippen molar-refractivity contribution >= 4 is 27.9 Å². The quantitative estimate of drug-likeness (QED) is 0.695. The maximum atomic E-state index is 11.5. The highest BCUT2D eigenvalue weighted by atomic mass is 16.5. The molecule has 2 aromatic rings. The van der Waals surface area contributed by atoms with Gasteiger partial charge >= 0.3 is 0 Å². The van der Waals surface area contributed by atoms with E-state index in [1.807, 2.05) is 20.0 Å². The van der Waals surface area contributed by atoms with Crippen molar-refractivity contribution < 1.29 is 9.53 Å². The van der Waals surface area contributed by atoms with Gasteiger partial charge in [0.25, 0.3) is 0 Å². The van der Waals surface area contributed by atoms with Crippen molar-refractivity contribution in [1.29, 1.82) is 0 Å². The molecule has 0 aliphatic rings. The molecule has 21 heavy (non-hydrogen) atoms. The summed E-state index contributed by atoms with van der Waals surface area (Å²) in [5.41, 5.74) is 11.9. The normalized spacial score (nSPS) is 12.0. The van der Waals surface area contributed by atoms with E-state index >= 15 is 0 Å². The average Bonchev–Trinajstić information content (AvgIpc) is 2.61. The standard InChI is InChI=1S/C17H22N2O2/c1-9(7-10(2)20)15-16-11(3)12(4)19(5)14(16)8-13(18)17(15)21-6/h7-8H,18H2,1-6H3/b9-7-. The van der Waals surface area contributed by atoms with Crippen LogP contribution in [-0.4, -0.2) is 17.5 Å². The number of hydrogen-bond donors (Lipinski definition) is 1. The number of aromatic nitrogens is 1. The average molecular weight is 286 g/mol. The molecule has 0 radical (unpaired) electrons. The van der Waals surface area contributed by atoms with Crippen molar-refractivity contribution in [1.82, 2.24) is 4.57 Å². The number of rotatable bonds is 3. The van der Waals surface area contributed by atoms with Crippen LogP contribution in [0.15, 0.2) is 12.1 Å². The third-order valence-corrected chi connectivity index (χ3v) is 4.09. The smallest absolute Gasteiger partial charge is 0.152 e. The van der Waals surface area contributed by atoms with Gasteiger partial charge in [0.1, 0.15) is 5.75 Å². The first kappa shape index (κ1) is 15.2. The summed E-state index contributed by atoms with van der Waals surface area (Å²) in [6, 6.07) is 1.93. The van der Waals surface area contributed by atoms with Crippen LogP contribution in [0.2, 0.25) is 0 Å². The number of nitrogens with two attached hydrogens (primary N) is 1. The summed E-state index contributed by atoms with van der Waals surface area (Å²) in [5, 5.41) is 1.09. The lowest BCUT2D eigenvalue weighted by atomic mass is 9.97. The molecule has 0 bridgehead atoms. The Morgan fingerprint density at radius 3 is 2.48 bits per heavy atom. The number of carbonyl (C=O) groups is 1. The molecule has 0 aliphatic heterocycles. The van der Waals surface area contributed by atoms with Crippen molar-refractivity contribution in [3.8, 4) is 5.75 Å². The molecule has 0 amide bonds. The summed E-state index contributed by atoms with van der Waals surface area (Å²) in [6.07, 6.45) is 1.62. The Labute approximate surface area is 125 Å². The predicted molar refractivity (Wildman–Crippen MR) is 87.7 cm³/mol. The fourth-order valence-electron chi connectivity index (χ4n) is 2.90. The second kappa shape index (κ2) is 5.28. The lowest BCUT2D eigenvalue weighted by Gasteiger charge is -2.14. The van der Waals surface area contributed by atoms with E-state index in [2.05, 4.69) is 18.4 Å². The van der Waals surface area contributed by atoms with Crippen molar-refractivity contribution in [3.05, 3.63) is 29.0 Å². The predicted octanol–water partition coefficient (Wildman–Crippen LogP) is 3.38. The number of carbonyl (C=O) groups excluding carboxylic acids is 1. The van der Waals surface area contributed by atoms with Gasteiger partial charge in [0, 0.05) is 23.7 Å². The summed E-state index contributed by atoms with van der Waals surface area (Å²) in [7, 11) is 3.62. The van der Waals surface area contributed by atoms with Gasteiger partial charge in [0.2, 0.25) is 0 Å². The fourth-order valence-corrected chi connectivity index (χ4v) is 2.90. The molecule has 1 aromatic carbocycles. The molecule has 1 aromatic heterocycles. The van der Waals surface area contributed by atoms with E-state index in [1.54, 1.807) is 20.1 Å². The number of ketones is 1. The lowest BCUT2D eigenvalue weighted by molar-refractivity contribution is -0.112. The van der Waals surface area contributed by atoms with E-state index in [4.69, 9.17) is 10.5 Å². The Balaban J connectivity index is 3.01. The first-order valence-electron chi connectivity index (χ1n) is 6.90. The third kappa shape index (κ3) is 2.31. The van der Waals surface area contributed by atoms with Crippen LogP contribution in [0.5, 0.6) is 5.75 Å². The van der Waals surface area contributed by atoms with Crippen LogP contribution in [0.25, 0.3) is 16.5 Å². The number of allylic oxidation sites excluding steroid dienone is 2. The Kier molecular flexibility index (Phi) is 3.81. The van der Waals surface area contributed by atoms with E-state index in [0.717, 1.165) is 22.0 Å². The fraction of sp³-hybridized carbons (Fsp3) is 0.353. The largest absolute Gasteiger partial charge is 0.494 e. The second-order valence-electron chi connectivity index (χ2n) is 5.48. The van der Waals surface area contributed by atoms with Gasteiger partial charge in [-0.25, -0.2) is 0 Å². The Hall–Kier alpha value is -2.23. The molecule has 4 heteroatoms. The number of ether oxygens (including phenoxy) is 1.